The quantitative estimate of drug-likeness (QED) is 0.730. The van der Waals surface area contributed by atoms with E-state index in [1.54, 1.807) is 0 Å². The maximum absolute atomic E-state index is 9.91. The van der Waals surface area contributed by atoms with Crippen molar-refractivity contribution in [1.29, 1.82) is 0 Å². The largest absolute Gasteiger partial charge is 0.387 e. The highest BCUT2D eigenvalue weighted by Crippen LogP contribution is 2.14. The van der Waals surface area contributed by atoms with Gasteiger partial charge in [-0.3, -0.25) is 4.90 Å². The number of hydrogen-bond donors (Lipinski definition) is 1. The summed E-state index contributed by atoms with van der Waals surface area (Å²) in [7, 11) is 0. The van der Waals surface area contributed by atoms with E-state index in [-0.39, 0.29) is 6.10 Å². The Morgan fingerprint density at radius 2 is 1.79 bits per heavy atom. The van der Waals surface area contributed by atoms with E-state index >= 15 is 0 Å². The van der Waals surface area contributed by atoms with Crippen LogP contribution in [0.4, 0.5) is 0 Å². The van der Waals surface area contributed by atoms with E-state index in [4.69, 9.17) is 0 Å². The van der Waals surface area contributed by atoms with Gasteiger partial charge in [-0.1, -0.05) is 42.5 Å². The Bertz CT molecular complexity index is 299. The molecule has 1 atom stereocenters. The molecule has 0 saturated heterocycles. The van der Waals surface area contributed by atoms with Crippen LogP contribution in [0, 0.1) is 0 Å². The van der Waals surface area contributed by atoms with Crippen LogP contribution in [0.25, 0.3) is 0 Å². The Kier molecular flexibility index (Phi) is 2.96. The summed E-state index contributed by atoms with van der Waals surface area (Å²) in [4.78, 5) is 2.22. The summed E-state index contributed by atoms with van der Waals surface area (Å²) in [5.41, 5.74) is 0.999. The summed E-state index contributed by atoms with van der Waals surface area (Å²) >= 11 is 0. The van der Waals surface area contributed by atoms with E-state index in [2.05, 4.69) is 17.1 Å². The Labute approximate surface area is 84.5 Å². The van der Waals surface area contributed by atoms with Gasteiger partial charge in [-0.05, 0) is 5.56 Å². The van der Waals surface area contributed by atoms with Crippen LogP contribution in [0.5, 0.6) is 0 Å². The van der Waals surface area contributed by atoms with Crippen LogP contribution in [0.2, 0.25) is 0 Å². The summed E-state index contributed by atoms with van der Waals surface area (Å²) in [6.07, 6.45) is 3.91. The Hall–Kier alpha value is -1.12. The fourth-order valence-corrected chi connectivity index (χ4v) is 1.70. The van der Waals surface area contributed by atoms with Gasteiger partial charge in [0, 0.05) is 19.6 Å². The Balaban J connectivity index is 1.92. The van der Waals surface area contributed by atoms with Crippen LogP contribution in [0.3, 0.4) is 0 Å². The Morgan fingerprint density at radius 1 is 1.14 bits per heavy atom. The van der Waals surface area contributed by atoms with Gasteiger partial charge in [0.2, 0.25) is 0 Å². The molecule has 0 saturated carbocycles. The normalized spacial score (nSPS) is 18.6. The molecule has 0 amide bonds. The summed E-state index contributed by atoms with van der Waals surface area (Å²) in [5.74, 6) is 0. The number of aliphatic hydroxyl groups is 1. The lowest BCUT2D eigenvalue weighted by atomic mass is 10.1. The molecule has 1 aromatic carbocycles. The average Bonchev–Trinajstić information content (AvgIpc) is 2.72. The number of benzene rings is 1. The molecule has 1 aliphatic rings. The third-order valence-corrected chi connectivity index (χ3v) is 2.51. The van der Waals surface area contributed by atoms with E-state index in [0.29, 0.717) is 0 Å². The number of hydrogen-bond acceptors (Lipinski definition) is 2. The van der Waals surface area contributed by atoms with E-state index in [0.717, 1.165) is 25.2 Å². The molecular formula is C12H15NO. The third-order valence-electron chi connectivity index (χ3n) is 2.51. The minimum absolute atomic E-state index is 0.365. The molecule has 2 rings (SSSR count). The number of nitrogens with zero attached hydrogens (tertiary/aromatic N) is 1. The molecule has 0 aliphatic carbocycles. The first kappa shape index (κ1) is 9.44. The molecule has 0 aromatic heterocycles. The van der Waals surface area contributed by atoms with Crippen molar-refractivity contribution in [2.24, 2.45) is 0 Å². The molecule has 2 heteroatoms. The maximum atomic E-state index is 9.91. The van der Waals surface area contributed by atoms with Crippen LogP contribution >= 0.6 is 0 Å². The highest BCUT2D eigenvalue weighted by Gasteiger charge is 2.13. The summed E-state index contributed by atoms with van der Waals surface area (Å²) in [6.45, 7) is 2.64. The predicted molar refractivity (Wildman–Crippen MR) is 57.0 cm³/mol. The standard InChI is InChI=1S/C12H15NO/c14-12(10-13-8-4-5-9-13)11-6-2-1-3-7-11/h1-7,12,14H,8-10H2. The lowest BCUT2D eigenvalue weighted by Gasteiger charge is -2.19. The van der Waals surface area contributed by atoms with Gasteiger partial charge >= 0.3 is 0 Å². The van der Waals surface area contributed by atoms with Crippen molar-refractivity contribution in [3.63, 3.8) is 0 Å². The fourth-order valence-electron chi connectivity index (χ4n) is 1.70. The van der Waals surface area contributed by atoms with E-state index < -0.39 is 0 Å². The molecule has 0 spiro atoms. The van der Waals surface area contributed by atoms with Crippen molar-refractivity contribution in [3.8, 4) is 0 Å². The second-order valence-electron chi connectivity index (χ2n) is 3.62. The molecular weight excluding hydrogens is 174 g/mol. The summed E-state index contributed by atoms with van der Waals surface area (Å²) in [6, 6.07) is 9.82. The van der Waals surface area contributed by atoms with Gasteiger partial charge in [-0.2, -0.15) is 0 Å². The van der Waals surface area contributed by atoms with Gasteiger partial charge in [0.25, 0.3) is 0 Å². The lowest BCUT2D eigenvalue weighted by Crippen LogP contribution is -2.25. The zero-order chi connectivity index (χ0) is 9.80. The van der Waals surface area contributed by atoms with E-state index in [1.165, 1.54) is 0 Å². The molecule has 2 nitrogen and oxygen atoms in total. The maximum Gasteiger partial charge on any atom is 0.0917 e. The first-order valence-electron chi connectivity index (χ1n) is 4.96. The van der Waals surface area contributed by atoms with Crippen LogP contribution in [-0.4, -0.2) is 29.6 Å². The van der Waals surface area contributed by atoms with Crippen molar-refractivity contribution in [2.75, 3.05) is 19.6 Å². The first-order chi connectivity index (χ1) is 6.86. The van der Waals surface area contributed by atoms with Crippen LogP contribution in [0.15, 0.2) is 42.5 Å². The SMILES string of the molecule is OC(CN1CC=CC1)c1ccccc1. The highest BCUT2D eigenvalue weighted by molar-refractivity contribution is 5.17. The van der Waals surface area contributed by atoms with Crippen LogP contribution < -0.4 is 0 Å². The predicted octanol–water partition coefficient (Wildman–Crippen LogP) is 1.59. The monoisotopic (exact) mass is 189 g/mol. The third kappa shape index (κ3) is 2.22. The van der Waals surface area contributed by atoms with Crippen molar-refractivity contribution >= 4 is 0 Å². The fraction of sp³-hybridized carbons (Fsp3) is 0.333. The second-order valence-corrected chi connectivity index (χ2v) is 3.62. The lowest BCUT2D eigenvalue weighted by molar-refractivity contribution is 0.129. The topological polar surface area (TPSA) is 23.5 Å². The van der Waals surface area contributed by atoms with Crippen molar-refractivity contribution in [3.05, 3.63) is 48.0 Å². The number of β-amino-alcohol motifs (C(OH)–C–C–N with tert-alkyl or cyclic N) is 1. The van der Waals surface area contributed by atoms with Gasteiger partial charge in [-0.15, -0.1) is 0 Å². The van der Waals surface area contributed by atoms with Crippen molar-refractivity contribution in [2.45, 2.75) is 6.10 Å². The molecule has 1 unspecified atom stereocenters. The molecule has 14 heavy (non-hydrogen) atoms. The van der Waals surface area contributed by atoms with Crippen LogP contribution in [-0.2, 0) is 0 Å². The molecule has 0 radical (unpaired) electrons. The molecule has 0 bridgehead atoms. The zero-order valence-corrected chi connectivity index (χ0v) is 8.13. The molecule has 1 N–H and O–H groups in total. The van der Waals surface area contributed by atoms with Gasteiger partial charge in [0.05, 0.1) is 6.10 Å². The van der Waals surface area contributed by atoms with Crippen molar-refractivity contribution < 1.29 is 5.11 Å². The molecule has 1 heterocycles. The minimum atomic E-state index is -0.365. The first-order valence-corrected chi connectivity index (χ1v) is 4.96. The van der Waals surface area contributed by atoms with Crippen LogP contribution in [0.1, 0.15) is 11.7 Å². The Morgan fingerprint density at radius 3 is 2.43 bits per heavy atom. The van der Waals surface area contributed by atoms with Crippen molar-refractivity contribution in [1.82, 2.24) is 4.90 Å². The average molecular weight is 189 g/mol. The molecule has 74 valence electrons. The van der Waals surface area contributed by atoms with E-state index in [9.17, 15) is 5.11 Å². The number of aliphatic hydroxyl groups excluding tert-OH is 1. The second kappa shape index (κ2) is 4.40. The van der Waals surface area contributed by atoms with Gasteiger partial charge in [0.15, 0.2) is 0 Å². The molecule has 0 fully saturated rings. The van der Waals surface area contributed by atoms with Gasteiger partial charge in [0.1, 0.15) is 0 Å². The summed E-state index contributed by atoms with van der Waals surface area (Å²) < 4.78 is 0. The smallest absolute Gasteiger partial charge is 0.0917 e. The minimum Gasteiger partial charge on any atom is -0.387 e. The molecule has 1 aliphatic heterocycles. The summed E-state index contributed by atoms with van der Waals surface area (Å²) in [5, 5.41) is 9.91. The number of rotatable bonds is 3. The van der Waals surface area contributed by atoms with Gasteiger partial charge in [-0.25, -0.2) is 0 Å². The zero-order valence-electron chi connectivity index (χ0n) is 8.13. The van der Waals surface area contributed by atoms with Gasteiger partial charge < -0.3 is 5.11 Å². The van der Waals surface area contributed by atoms with E-state index in [1.807, 2.05) is 30.3 Å². The molecule has 1 aromatic rings. The highest BCUT2D eigenvalue weighted by atomic mass is 16.3.